The van der Waals surface area contributed by atoms with Gasteiger partial charge in [-0.15, -0.1) is 0 Å². The predicted molar refractivity (Wildman–Crippen MR) is 67.6 cm³/mol. The van der Waals surface area contributed by atoms with E-state index < -0.39 is 11.2 Å². The maximum absolute atomic E-state index is 9.40. The van der Waals surface area contributed by atoms with Gasteiger partial charge < -0.3 is 9.30 Å². The average molecular weight is 243 g/mol. The van der Waals surface area contributed by atoms with Crippen LogP contribution in [0.15, 0.2) is 18.5 Å². The van der Waals surface area contributed by atoms with E-state index in [2.05, 4.69) is 11.1 Å². The van der Waals surface area contributed by atoms with E-state index in [0.29, 0.717) is 0 Å². The molecular weight excluding hydrogens is 226 g/mol. The number of aromatic nitrogens is 2. The van der Waals surface area contributed by atoms with Crippen molar-refractivity contribution in [3.05, 3.63) is 24.3 Å². The molecule has 0 N–H and O–H groups in total. The molecular formula is C14H17N3O. The zero-order valence-corrected chi connectivity index (χ0v) is 10.6. The summed E-state index contributed by atoms with van der Waals surface area (Å²) in [6, 6.07) is 2.38. The van der Waals surface area contributed by atoms with E-state index in [1.807, 2.05) is 30.0 Å². The fourth-order valence-electron chi connectivity index (χ4n) is 2.93. The maximum Gasteiger partial charge on any atom is 0.155 e. The van der Waals surface area contributed by atoms with Crippen LogP contribution in [-0.2, 0) is 11.2 Å². The van der Waals surface area contributed by atoms with E-state index in [9.17, 15) is 5.26 Å². The third kappa shape index (κ3) is 1.85. The molecule has 3 rings (SSSR count). The molecule has 0 radical (unpaired) electrons. The smallest absolute Gasteiger partial charge is 0.155 e. The number of imidazole rings is 1. The summed E-state index contributed by atoms with van der Waals surface area (Å²) in [6.07, 6.45) is 12.3. The second-order valence-corrected chi connectivity index (χ2v) is 5.47. The minimum atomic E-state index is -0.589. The summed E-state index contributed by atoms with van der Waals surface area (Å²) >= 11 is 0. The molecule has 1 aromatic heterocycles. The summed E-state index contributed by atoms with van der Waals surface area (Å²) in [6.45, 7) is 2.04. The molecule has 18 heavy (non-hydrogen) atoms. The van der Waals surface area contributed by atoms with Gasteiger partial charge in [-0.1, -0.05) is 0 Å². The van der Waals surface area contributed by atoms with Crippen molar-refractivity contribution in [3.63, 3.8) is 0 Å². The van der Waals surface area contributed by atoms with E-state index in [4.69, 9.17) is 4.74 Å². The first-order valence-electron chi connectivity index (χ1n) is 6.47. The quantitative estimate of drug-likeness (QED) is 0.802. The zero-order chi connectivity index (χ0) is 12.6. The summed E-state index contributed by atoms with van der Waals surface area (Å²) in [5.74, 6) is 0.992. The van der Waals surface area contributed by atoms with Gasteiger partial charge in [0.25, 0.3) is 0 Å². The number of nitrogens with zero attached hydrogens (tertiary/aromatic N) is 3. The van der Waals surface area contributed by atoms with E-state index in [1.165, 1.54) is 0 Å². The third-order valence-corrected chi connectivity index (χ3v) is 3.89. The molecule has 2 aliphatic rings. The predicted octanol–water partition coefficient (Wildman–Crippen LogP) is 2.52. The third-order valence-electron chi connectivity index (χ3n) is 3.89. The van der Waals surface area contributed by atoms with Crippen molar-refractivity contribution in [3.8, 4) is 6.07 Å². The fraction of sp³-hybridized carbons (Fsp3) is 0.571. The van der Waals surface area contributed by atoms with Crippen molar-refractivity contribution >= 4 is 6.20 Å². The van der Waals surface area contributed by atoms with Crippen molar-refractivity contribution in [1.82, 2.24) is 9.55 Å². The van der Waals surface area contributed by atoms with Gasteiger partial charge in [-0.25, -0.2) is 4.98 Å². The van der Waals surface area contributed by atoms with Crippen LogP contribution in [0.1, 0.15) is 38.4 Å². The van der Waals surface area contributed by atoms with Gasteiger partial charge in [0, 0.05) is 25.0 Å². The molecule has 1 saturated carbocycles. The van der Waals surface area contributed by atoms with Crippen molar-refractivity contribution < 1.29 is 4.74 Å². The van der Waals surface area contributed by atoms with E-state index >= 15 is 0 Å². The summed E-state index contributed by atoms with van der Waals surface area (Å²) in [4.78, 5) is 4.32. The van der Waals surface area contributed by atoms with Crippen LogP contribution >= 0.6 is 0 Å². The molecule has 4 heteroatoms. The van der Waals surface area contributed by atoms with Crippen LogP contribution < -0.4 is 0 Å². The number of rotatable bonds is 2. The molecule has 0 aromatic carbocycles. The van der Waals surface area contributed by atoms with Gasteiger partial charge in [0.05, 0.1) is 11.7 Å². The van der Waals surface area contributed by atoms with E-state index in [0.717, 1.165) is 37.9 Å². The minimum Gasteiger partial charge on any atom is -0.349 e. The number of hydrogen-bond donors (Lipinski definition) is 0. The number of fused-ring (bicyclic) bond motifs is 1. The van der Waals surface area contributed by atoms with Crippen molar-refractivity contribution in [2.24, 2.45) is 0 Å². The van der Waals surface area contributed by atoms with E-state index in [-0.39, 0.29) is 0 Å². The van der Waals surface area contributed by atoms with Crippen LogP contribution in [-0.4, -0.2) is 20.8 Å². The second kappa shape index (κ2) is 3.96. The highest BCUT2D eigenvalue weighted by Gasteiger charge is 2.42. The molecule has 1 atom stereocenters. The van der Waals surface area contributed by atoms with Gasteiger partial charge in [0.1, 0.15) is 5.82 Å². The molecule has 0 bridgehead atoms. The summed E-state index contributed by atoms with van der Waals surface area (Å²) in [5, 5.41) is 9.40. The molecule has 0 saturated heterocycles. The summed E-state index contributed by atoms with van der Waals surface area (Å²) < 4.78 is 8.20. The maximum atomic E-state index is 9.40. The van der Waals surface area contributed by atoms with Gasteiger partial charge in [-0.05, 0) is 38.7 Å². The Morgan fingerprint density at radius 2 is 2.22 bits per heavy atom. The Kier molecular flexibility index (Phi) is 2.53. The van der Waals surface area contributed by atoms with Crippen LogP contribution in [0.4, 0.5) is 0 Å². The molecule has 0 amide bonds. The lowest BCUT2D eigenvalue weighted by Gasteiger charge is -2.36. The lowest BCUT2D eigenvalue weighted by molar-refractivity contribution is -0.0914. The van der Waals surface area contributed by atoms with Crippen LogP contribution in [0.3, 0.4) is 0 Å². The Hall–Kier alpha value is -1.60. The van der Waals surface area contributed by atoms with Crippen molar-refractivity contribution in [1.29, 1.82) is 5.26 Å². The van der Waals surface area contributed by atoms with Gasteiger partial charge in [-0.2, -0.15) is 5.26 Å². The molecule has 0 spiro atoms. The van der Waals surface area contributed by atoms with Crippen LogP contribution in [0, 0.1) is 11.3 Å². The molecule has 1 aromatic rings. The molecule has 94 valence electrons. The topological polar surface area (TPSA) is 50.8 Å². The van der Waals surface area contributed by atoms with Gasteiger partial charge in [-0.3, -0.25) is 0 Å². The Balaban J connectivity index is 1.83. The van der Waals surface area contributed by atoms with Gasteiger partial charge in [0.15, 0.2) is 5.60 Å². The highest BCUT2D eigenvalue weighted by molar-refractivity contribution is 5.34. The first-order chi connectivity index (χ1) is 8.65. The molecule has 1 aliphatic carbocycles. The Morgan fingerprint density at radius 3 is 2.94 bits per heavy atom. The lowest BCUT2D eigenvalue weighted by Crippen LogP contribution is -2.42. The van der Waals surface area contributed by atoms with Gasteiger partial charge >= 0.3 is 0 Å². The van der Waals surface area contributed by atoms with Crippen LogP contribution in [0.5, 0.6) is 0 Å². The molecule has 1 fully saturated rings. The first-order valence-corrected chi connectivity index (χ1v) is 6.47. The Morgan fingerprint density at radius 1 is 1.44 bits per heavy atom. The van der Waals surface area contributed by atoms with Gasteiger partial charge in [0.2, 0.25) is 0 Å². The van der Waals surface area contributed by atoms with Crippen LogP contribution in [0.2, 0.25) is 0 Å². The molecule has 2 heterocycles. The first kappa shape index (κ1) is 11.5. The standard InChI is InChI=1S/C14H17N3O/c1-13(18-14(11-15)4-2-3-5-14)6-8-17-9-7-16-12(17)10-13/h6-9H,2-5,10H2,1H3. The Bertz CT molecular complexity index is 519. The number of hydrogen-bond acceptors (Lipinski definition) is 3. The number of ether oxygens (including phenoxy) is 1. The minimum absolute atomic E-state index is 0.415. The zero-order valence-electron chi connectivity index (χ0n) is 10.6. The Labute approximate surface area is 107 Å². The largest absolute Gasteiger partial charge is 0.349 e. The lowest BCUT2D eigenvalue weighted by atomic mass is 9.95. The van der Waals surface area contributed by atoms with Crippen LogP contribution in [0.25, 0.3) is 6.20 Å². The molecule has 4 nitrogen and oxygen atoms in total. The summed E-state index contributed by atoms with van der Waals surface area (Å²) in [5.41, 5.74) is -1.00. The second-order valence-electron chi connectivity index (χ2n) is 5.47. The fourth-order valence-corrected chi connectivity index (χ4v) is 2.93. The SMILES string of the molecule is CC1(OC2(C#N)CCCC2)C=Cn2ccnc2C1. The highest BCUT2D eigenvalue weighted by atomic mass is 16.5. The average Bonchev–Trinajstić information content (AvgIpc) is 2.97. The highest BCUT2D eigenvalue weighted by Crippen LogP contribution is 2.38. The van der Waals surface area contributed by atoms with Crippen molar-refractivity contribution in [2.45, 2.75) is 50.2 Å². The number of nitriles is 1. The normalized spacial score (nSPS) is 28.9. The summed E-state index contributed by atoms with van der Waals surface area (Å²) in [7, 11) is 0. The van der Waals surface area contributed by atoms with Crippen molar-refractivity contribution in [2.75, 3.05) is 0 Å². The molecule has 1 aliphatic heterocycles. The monoisotopic (exact) mass is 243 g/mol. The molecule has 1 unspecified atom stereocenters. The van der Waals surface area contributed by atoms with E-state index in [1.54, 1.807) is 6.20 Å².